The largest absolute Gasteiger partial charge is 0.383 e. The summed E-state index contributed by atoms with van der Waals surface area (Å²) in [6, 6.07) is 5.42. The Labute approximate surface area is 117 Å². The van der Waals surface area contributed by atoms with Gasteiger partial charge in [-0.15, -0.1) is 0 Å². The molecular weight excluding hydrogens is 273 g/mol. The topological polar surface area (TPSA) is 45.7 Å². The average Bonchev–Trinajstić information content (AvgIpc) is 2.35. The van der Waals surface area contributed by atoms with Crippen LogP contribution in [0.2, 0.25) is 10.0 Å². The van der Waals surface area contributed by atoms with Crippen LogP contribution in [-0.4, -0.2) is 33.3 Å². The Kier molecular flexibility index (Phi) is 6.86. The Morgan fingerprint density at radius 3 is 2.72 bits per heavy atom. The van der Waals surface area contributed by atoms with Crippen LogP contribution >= 0.6 is 23.2 Å². The fourth-order valence-electron chi connectivity index (χ4n) is 1.34. The molecule has 1 aromatic rings. The van der Waals surface area contributed by atoms with Crippen molar-refractivity contribution in [2.45, 2.75) is 6.54 Å². The summed E-state index contributed by atoms with van der Waals surface area (Å²) in [4.78, 5) is 4.09. The Bertz CT molecular complexity index is 410. The Morgan fingerprint density at radius 1 is 1.33 bits per heavy atom. The molecule has 0 aliphatic carbocycles. The molecule has 0 unspecified atom stereocenters. The van der Waals surface area contributed by atoms with Crippen LogP contribution in [0.3, 0.4) is 0 Å². The second-order valence-electron chi connectivity index (χ2n) is 3.58. The zero-order chi connectivity index (χ0) is 13.4. The molecule has 0 atom stereocenters. The summed E-state index contributed by atoms with van der Waals surface area (Å²) in [7, 11) is 3.37. The van der Waals surface area contributed by atoms with Crippen molar-refractivity contribution in [1.29, 1.82) is 0 Å². The quantitative estimate of drug-likeness (QED) is 0.497. The molecule has 0 fully saturated rings. The molecule has 0 amide bonds. The molecular formula is C12H17Cl2N3O. The van der Waals surface area contributed by atoms with Gasteiger partial charge >= 0.3 is 0 Å². The molecule has 0 radical (unpaired) electrons. The van der Waals surface area contributed by atoms with Crippen molar-refractivity contribution in [2.24, 2.45) is 4.99 Å². The van der Waals surface area contributed by atoms with Gasteiger partial charge in [-0.05, 0) is 17.7 Å². The first-order chi connectivity index (χ1) is 8.67. The van der Waals surface area contributed by atoms with Gasteiger partial charge in [0, 0.05) is 37.3 Å². The van der Waals surface area contributed by atoms with E-state index >= 15 is 0 Å². The van der Waals surface area contributed by atoms with Crippen molar-refractivity contribution in [1.82, 2.24) is 10.6 Å². The lowest BCUT2D eigenvalue weighted by molar-refractivity contribution is 0.203. The second kappa shape index (κ2) is 8.19. The molecule has 0 aliphatic rings. The van der Waals surface area contributed by atoms with Crippen LogP contribution in [0.25, 0.3) is 0 Å². The van der Waals surface area contributed by atoms with Crippen molar-refractivity contribution < 1.29 is 4.74 Å². The van der Waals surface area contributed by atoms with Crippen molar-refractivity contribution in [3.05, 3.63) is 33.8 Å². The normalized spacial score (nSPS) is 11.4. The van der Waals surface area contributed by atoms with Gasteiger partial charge < -0.3 is 15.4 Å². The van der Waals surface area contributed by atoms with Gasteiger partial charge in [-0.1, -0.05) is 29.3 Å². The van der Waals surface area contributed by atoms with E-state index in [2.05, 4.69) is 15.6 Å². The number of benzene rings is 1. The molecule has 6 heteroatoms. The lowest BCUT2D eigenvalue weighted by Gasteiger charge is -2.12. The number of ether oxygens (including phenoxy) is 1. The van der Waals surface area contributed by atoms with Crippen LogP contribution in [0, 0.1) is 0 Å². The predicted octanol–water partition coefficient (Wildman–Crippen LogP) is 2.30. The van der Waals surface area contributed by atoms with Gasteiger partial charge in [0.05, 0.1) is 6.61 Å². The van der Waals surface area contributed by atoms with Crippen molar-refractivity contribution in [3.8, 4) is 0 Å². The zero-order valence-corrected chi connectivity index (χ0v) is 12.0. The van der Waals surface area contributed by atoms with Gasteiger partial charge in [0.25, 0.3) is 0 Å². The number of halogens is 2. The Morgan fingerprint density at radius 2 is 2.11 bits per heavy atom. The molecule has 1 aromatic carbocycles. The molecule has 0 saturated carbocycles. The van der Waals surface area contributed by atoms with Gasteiger partial charge in [0.15, 0.2) is 5.96 Å². The standard InChI is InChI=1S/C12H17Cl2N3O/c1-15-12(16-5-6-18-2)17-8-9-3-4-10(13)7-11(9)14/h3-4,7H,5-6,8H2,1-2H3,(H2,15,16,17). The number of hydrogen-bond acceptors (Lipinski definition) is 2. The molecule has 100 valence electrons. The number of guanidine groups is 1. The third-order valence-corrected chi connectivity index (χ3v) is 2.87. The maximum atomic E-state index is 6.08. The van der Waals surface area contributed by atoms with E-state index in [0.29, 0.717) is 35.7 Å². The molecule has 0 spiro atoms. The minimum Gasteiger partial charge on any atom is -0.383 e. The highest BCUT2D eigenvalue weighted by atomic mass is 35.5. The third kappa shape index (κ3) is 5.12. The van der Waals surface area contributed by atoms with Gasteiger partial charge in [-0.2, -0.15) is 0 Å². The molecule has 0 aromatic heterocycles. The van der Waals surface area contributed by atoms with Crippen LogP contribution in [0.4, 0.5) is 0 Å². The first-order valence-electron chi connectivity index (χ1n) is 5.54. The van der Waals surface area contributed by atoms with E-state index in [4.69, 9.17) is 27.9 Å². The lowest BCUT2D eigenvalue weighted by atomic mass is 10.2. The molecule has 0 heterocycles. The summed E-state index contributed by atoms with van der Waals surface area (Å²) in [5.41, 5.74) is 0.968. The lowest BCUT2D eigenvalue weighted by Crippen LogP contribution is -2.38. The fraction of sp³-hybridized carbons (Fsp3) is 0.417. The Hall–Kier alpha value is -0.970. The second-order valence-corrected chi connectivity index (χ2v) is 4.42. The van der Waals surface area contributed by atoms with Crippen molar-refractivity contribution in [2.75, 3.05) is 27.3 Å². The minimum atomic E-state index is 0.586. The van der Waals surface area contributed by atoms with Crippen LogP contribution in [0.1, 0.15) is 5.56 Å². The highest BCUT2D eigenvalue weighted by Gasteiger charge is 2.02. The number of methoxy groups -OCH3 is 1. The Balaban J connectivity index is 2.47. The van der Waals surface area contributed by atoms with Crippen LogP contribution < -0.4 is 10.6 Å². The zero-order valence-electron chi connectivity index (χ0n) is 10.5. The number of aliphatic imine (C=N–C) groups is 1. The number of hydrogen-bond donors (Lipinski definition) is 2. The summed E-state index contributed by atoms with van der Waals surface area (Å²) in [6.45, 7) is 1.91. The van der Waals surface area contributed by atoms with Crippen LogP contribution in [0.5, 0.6) is 0 Å². The summed E-state index contributed by atoms with van der Waals surface area (Å²) < 4.78 is 4.95. The summed E-state index contributed by atoms with van der Waals surface area (Å²) in [5, 5.41) is 7.55. The van der Waals surface area contributed by atoms with Crippen molar-refractivity contribution >= 4 is 29.2 Å². The van der Waals surface area contributed by atoms with E-state index in [1.807, 2.05) is 12.1 Å². The van der Waals surface area contributed by atoms with Gasteiger partial charge in [0.2, 0.25) is 0 Å². The van der Waals surface area contributed by atoms with E-state index in [1.165, 1.54) is 0 Å². The summed E-state index contributed by atoms with van der Waals surface area (Å²) in [6.07, 6.45) is 0. The highest BCUT2D eigenvalue weighted by Crippen LogP contribution is 2.20. The molecule has 4 nitrogen and oxygen atoms in total. The molecule has 0 saturated heterocycles. The SMILES string of the molecule is CN=C(NCCOC)NCc1ccc(Cl)cc1Cl. The number of nitrogens with one attached hydrogen (secondary N) is 2. The molecule has 2 N–H and O–H groups in total. The van der Waals surface area contributed by atoms with Crippen LogP contribution in [-0.2, 0) is 11.3 Å². The molecule has 0 aliphatic heterocycles. The van der Waals surface area contributed by atoms with E-state index in [-0.39, 0.29) is 0 Å². The van der Waals surface area contributed by atoms with Gasteiger partial charge in [-0.25, -0.2) is 0 Å². The maximum Gasteiger partial charge on any atom is 0.191 e. The fourth-order valence-corrected chi connectivity index (χ4v) is 1.81. The van der Waals surface area contributed by atoms with Crippen molar-refractivity contribution in [3.63, 3.8) is 0 Å². The average molecular weight is 290 g/mol. The monoisotopic (exact) mass is 289 g/mol. The van der Waals surface area contributed by atoms with E-state index in [1.54, 1.807) is 20.2 Å². The molecule has 0 bridgehead atoms. The summed E-state index contributed by atoms with van der Waals surface area (Å²) in [5.74, 6) is 0.707. The van der Waals surface area contributed by atoms with Gasteiger partial charge in [-0.3, -0.25) is 4.99 Å². The third-order valence-electron chi connectivity index (χ3n) is 2.28. The van der Waals surface area contributed by atoms with E-state index < -0.39 is 0 Å². The maximum absolute atomic E-state index is 6.08. The van der Waals surface area contributed by atoms with E-state index in [0.717, 1.165) is 5.56 Å². The minimum absolute atomic E-state index is 0.586. The van der Waals surface area contributed by atoms with Crippen LogP contribution in [0.15, 0.2) is 23.2 Å². The van der Waals surface area contributed by atoms with E-state index in [9.17, 15) is 0 Å². The van der Waals surface area contributed by atoms with Gasteiger partial charge in [0.1, 0.15) is 0 Å². The summed E-state index contributed by atoms with van der Waals surface area (Å²) >= 11 is 11.9. The molecule has 1 rings (SSSR count). The number of nitrogens with zero attached hydrogens (tertiary/aromatic N) is 1. The number of rotatable bonds is 5. The predicted molar refractivity (Wildman–Crippen MR) is 76.5 cm³/mol. The first kappa shape index (κ1) is 15.1. The first-order valence-corrected chi connectivity index (χ1v) is 6.30. The highest BCUT2D eigenvalue weighted by molar-refractivity contribution is 6.35. The smallest absolute Gasteiger partial charge is 0.191 e. The molecule has 18 heavy (non-hydrogen) atoms.